The molecular weight excluding hydrogens is 585 g/mol. The zero-order chi connectivity index (χ0) is 29.4. The molecule has 0 aliphatic carbocycles. The second-order valence-electron chi connectivity index (χ2n) is 8.92. The number of benzene rings is 4. The van der Waals surface area contributed by atoms with Gasteiger partial charge in [-0.3, -0.25) is 9.10 Å². The number of carbonyl (C=O) groups is 1. The monoisotopic (exact) mass is 611 g/mol. The lowest BCUT2D eigenvalue weighted by atomic mass is 10.2. The highest BCUT2D eigenvalue weighted by Gasteiger charge is 2.29. The average Bonchev–Trinajstić information content (AvgIpc) is 2.96. The molecule has 0 saturated heterocycles. The second-order valence-corrected chi connectivity index (χ2v) is 11.7. The van der Waals surface area contributed by atoms with Crippen LogP contribution in [0, 0.1) is 6.92 Å². The van der Waals surface area contributed by atoms with Crippen molar-refractivity contribution in [3.63, 3.8) is 0 Å². The molecule has 41 heavy (non-hydrogen) atoms. The van der Waals surface area contributed by atoms with Crippen molar-refractivity contribution < 1.29 is 22.7 Å². The third-order valence-electron chi connectivity index (χ3n) is 5.91. The van der Waals surface area contributed by atoms with E-state index in [1.165, 1.54) is 37.6 Å². The largest absolute Gasteiger partial charge is 0.495 e. The number of hydrazone groups is 1. The van der Waals surface area contributed by atoms with Crippen molar-refractivity contribution in [3.8, 4) is 11.5 Å². The van der Waals surface area contributed by atoms with Crippen molar-refractivity contribution in [3.05, 3.63) is 118 Å². The fourth-order valence-electron chi connectivity index (χ4n) is 3.74. The number of ether oxygens (including phenoxy) is 2. The first kappa shape index (κ1) is 29.9. The Morgan fingerprint density at radius 2 is 1.59 bits per heavy atom. The van der Waals surface area contributed by atoms with Gasteiger partial charge in [0.1, 0.15) is 24.7 Å². The van der Waals surface area contributed by atoms with E-state index in [4.69, 9.17) is 32.7 Å². The first-order valence-corrected chi connectivity index (χ1v) is 14.6. The van der Waals surface area contributed by atoms with Gasteiger partial charge in [0.2, 0.25) is 0 Å². The number of rotatable bonds is 11. The van der Waals surface area contributed by atoms with E-state index in [9.17, 15) is 13.2 Å². The van der Waals surface area contributed by atoms with Gasteiger partial charge in [0, 0.05) is 10.0 Å². The number of amides is 1. The zero-order valence-electron chi connectivity index (χ0n) is 22.3. The summed E-state index contributed by atoms with van der Waals surface area (Å²) in [6.07, 6.45) is 1.44. The fraction of sp³-hybridized carbons (Fsp3) is 0.133. The lowest BCUT2D eigenvalue weighted by Gasteiger charge is -2.25. The minimum Gasteiger partial charge on any atom is -0.495 e. The first-order chi connectivity index (χ1) is 19.7. The fourth-order valence-corrected chi connectivity index (χ4v) is 5.45. The summed E-state index contributed by atoms with van der Waals surface area (Å²) < 4.78 is 39.4. The van der Waals surface area contributed by atoms with Crippen LogP contribution in [0.4, 0.5) is 5.69 Å². The van der Waals surface area contributed by atoms with Crippen molar-refractivity contribution in [1.29, 1.82) is 0 Å². The minimum absolute atomic E-state index is 0.0137. The number of methoxy groups -OCH3 is 1. The number of nitrogens with one attached hydrogen (secondary N) is 1. The van der Waals surface area contributed by atoms with Crippen molar-refractivity contribution in [2.45, 2.75) is 18.4 Å². The molecule has 0 spiro atoms. The number of aryl methyl sites for hydroxylation is 1. The summed E-state index contributed by atoms with van der Waals surface area (Å²) in [5.74, 6) is 0.232. The highest BCUT2D eigenvalue weighted by Crippen LogP contribution is 2.34. The van der Waals surface area contributed by atoms with Gasteiger partial charge in [-0.15, -0.1) is 0 Å². The Kier molecular flexibility index (Phi) is 9.88. The molecule has 4 rings (SSSR count). The van der Waals surface area contributed by atoms with Crippen LogP contribution in [0.3, 0.4) is 0 Å². The molecule has 11 heteroatoms. The van der Waals surface area contributed by atoms with E-state index in [1.807, 2.05) is 19.1 Å². The number of halogens is 2. The van der Waals surface area contributed by atoms with Gasteiger partial charge in [-0.2, -0.15) is 5.10 Å². The first-order valence-electron chi connectivity index (χ1n) is 12.4. The van der Waals surface area contributed by atoms with Crippen LogP contribution >= 0.6 is 23.2 Å². The zero-order valence-corrected chi connectivity index (χ0v) is 24.6. The summed E-state index contributed by atoms with van der Waals surface area (Å²) in [7, 11) is -2.76. The predicted octanol–water partition coefficient (Wildman–Crippen LogP) is 6.24. The normalized spacial score (nSPS) is 11.3. The molecule has 212 valence electrons. The Balaban J connectivity index is 1.45. The summed E-state index contributed by atoms with van der Waals surface area (Å²) >= 11 is 12.1. The number of nitrogens with zero attached hydrogens (tertiary/aromatic N) is 2. The van der Waals surface area contributed by atoms with Crippen LogP contribution in [0.5, 0.6) is 11.5 Å². The second kappa shape index (κ2) is 13.5. The van der Waals surface area contributed by atoms with E-state index in [-0.39, 0.29) is 21.4 Å². The van der Waals surface area contributed by atoms with Gasteiger partial charge in [-0.25, -0.2) is 13.8 Å². The van der Waals surface area contributed by atoms with Crippen molar-refractivity contribution in [1.82, 2.24) is 5.43 Å². The number of anilines is 1. The molecule has 0 radical (unpaired) electrons. The molecule has 0 aliphatic rings. The quantitative estimate of drug-likeness (QED) is 0.160. The van der Waals surface area contributed by atoms with Crippen molar-refractivity contribution >= 4 is 51.0 Å². The van der Waals surface area contributed by atoms with E-state index < -0.39 is 22.5 Å². The Morgan fingerprint density at radius 3 is 2.24 bits per heavy atom. The molecular formula is C30H27Cl2N3O5S. The summed E-state index contributed by atoms with van der Waals surface area (Å²) in [6, 6.07) is 25.3. The maximum Gasteiger partial charge on any atom is 0.264 e. The lowest BCUT2D eigenvalue weighted by Crippen LogP contribution is -2.39. The van der Waals surface area contributed by atoms with Gasteiger partial charge in [-0.1, -0.05) is 53.0 Å². The van der Waals surface area contributed by atoms with Gasteiger partial charge in [-0.05, 0) is 84.8 Å². The summed E-state index contributed by atoms with van der Waals surface area (Å²) in [4.78, 5) is 12.9. The molecule has 0 aliphatic heterocycles. The van der Waals surface area contributed by atoms with Crippen LogP contribution in [-0.4, -0.2) is 34.2 Å². The van der Waals surface area contributed by atoms with Crippen molar-refractivity contribution in [2.75, 3.05) is 18.0 Å². The van der Waals surface area contributed by atoms with Gasteiger partial charge < -0.3 is 9.47 Å². The maximum absolute atomic E-state index is 13.6. The van der Waals surface area contributed by atoms with Crippen LogP contribution < -0.4 is 19.2 Å². The standard InChI is InChI=1S/C30H27Cl2N3O5S/c1-21-3-14-27(15-4-21)41(37,38)35(28-17-25(32)11-16-29(28)39-2)19-30(36)34-33-18-22-7-12-26(13-8-22)40-20-23-5-9-24(31)10-6-23/h3-18H,19-20H2,1-2H3,(H,34,36)/b33-18-. The number of hydrogen-bond donors (Lipinski definition) is 1. The highest BCUT2D eigenvalue weighted by atomic mass is 35.5. The molecule has 0 atom stereocenters. The minimum atomic E-state index is -4.16. The number of sulfonamides is 1. The van der Waals surface area contributed by atoms with E-state index in [2.05, 4.69) is 10.5 Å². The molecule has 0 saturated carbocycles. The van der Waals surface area contributed by atoms with E-state index in [1.54, 1.807) is 54.6 Å². The van der Waals surface area contributed by atoms with Gasteiger partial charge in [0.25, 0.3) is 15.9 Å². The number of carbonyl (C=O) groups excluding carboxylic acids is 1. The molecule has 1 N–H and O–H groups in total. The molecule has 8 nitrogen and oxygen atoms in total. The maximum atomic E-state index is 13.6. The Labute approximate surface area is 249 Å². The number of hydrogen-bond acceptors (Lipinski definition) is 6. The topological polar surface area (TPSA) is 97.3 Å². The summed E-state index contributed by atoms with van der Waals surface area (Å²) in [5.41, 5.74) is 5.08. The third-order valence-corrected chi connectivity index (χ3v) is 8.17. The van der Waals surface area contributed by atoms with E-state index in [0.717, 1.165) is 15.4 Å². The summed E-state index contributed by atoms with van der Waals surface area (Å²) in [6.45, 7) is 1.67. The Bertz CT molecular complexity index is 1630. The summed E-state index contributed by atoms with van der Waals surface area (Å²) in [5, 5.41) is 4.93. The molecule has 0 heterocycles. The van der Waals surface area contributed by atoms with Gasteiger partial charge >= 0.3 is 0 Å². The van der Waals surface area contributed by atoms with Gasteiger partial charge in [0.05, 0.1) is 23.9 Å². The van der Waals surface area contributed by atoms with Crippen LogP contribution in [-0.2, 0) is 21.4 Å². The molecule has 0 unspecified atom stereocenters. The SMILES string of the molecule is COc1ccc(Cl)cc1N(CC(=O)N/N=C\c1ccc(OCc2ccc(Cl)cc2)cc1)S(=O)(=O)c1ccc(C)cc1. The average molecular weight is 613 g/mol. The predicted molar refractivity (Wildman–Crippen MR) is 162 cm³/mol. The Hall–Kier alpha value is -4.05. The molecule has 0 bridgehead atoms. The molecule has 1 amide bonds. The molecule has 4 aromatic carbocycles. The van der Waals surface area contributed by atoms with Crippen LogP contribution in [0.1, 0.15) is 16.7 Å². The lowest BCUT2D eigenvalue weighted by molar-refractivity contribution is -0.119. The smallest absolute Gasteiger partial charge is 0.264 e. The highest BCUT2D eigenvalue weighted by molar-refractivity contribution is 7.92. The molecule has 4 aromatic rings. The Morgan fingerprint density at radius 1 is 0.927 bits per heavy atom. The van der Waals surface area contributed by atoms with Crippen LogP contribution in [0.15, 0.2) is 101 Å². The molecule has 0 aromatic heterocycles. The molecule has 0 fully saturated rings. The van der Waals surface area contributed by atoms with E-state index >= 15 is 0 Å². The van der Waals surface area contributed by atoms with Crippen LogP contribution in [0.2, 0.25) is 10.0 Å². The third kappa shape index (κ3) is 8.00. The van der Waals surface area contributed by atoms with E-state index in [0.29, 0.717) is 22.9 Å². The van der Waals surface area contributed by atoms with Crippen molar-refractivity contribution in [2.24, 2.45) is 5.10 Å². The van der Waals surface area contributed by atoms with Crippen LogP contribution in [0.25, 0.3) is 0 Å². The van der Waals surface area contributed by atoms with Gasteiger partial charge in [0.15, 0.2) is 0 Å².